The van der Waals surface area contributed by atoms with E-state index in [1.807, 2.05) is 0 Å². The van der Waals surface area contributed by atoms with Crippen LogP contribution in [0, 0.1) is 0 Å². The molecule has 0 aromatic heterocycles. The summed E-state index contributed by atoms with van der Waals surface area (Å²) in [5, 5.41) is 19.0. The number of carboxylic acids is 2. The Morgan fingerprint density at radius 2 is 1.09 bits per heavy atom. The van der Waals surface area contributed by atoms with E-state index >= 15 is 0 Å². The summed E-state index contributed by atoms with van der Waals surface area (Å²) in [6.07, 6.45) is -0.940. The number of aliphatic carboxylic acids is 2. The van der Waals surface area contributed by atoms with E-state index in [2.05, 4.69) is 0 Å². The quantitative estimate of drug-likeness (QED) is 0.496. The van der Waals surface area contributed by atoms with Gasteiger partial charge in [0.25, 0.3) is 0 Å². The molecule has 0 aliphatic rings. The minimum Gasteiger partial charge on any atom is -2.00 e. The summed E-state index contributed by atoms with van der Waals surface area (Å²) in [6.45, 7) is 0. The molecule has 0 aromatic carbocycles. The van der Waals surface area contributed by atoms with E-state index in [1.165, 1.54) is 0 Å². The summed E-state index contributed by atoms with van der Waals surface area (Å²) in [5.74, 6) is -2.73. The number of carbonyl (C=O) groups is 2. The molecule has 0 atom stereocenters. The number of carbonyl (C=O) groups excluding carboxylic acids is 2. The van der Waals surface area contributed by atoms with Gasteiger partial charge in [0, 0.05) is 11.9 Å². The van der Waals surface area contributed by atoms with Crippen LogP contribution < -0.4 is 10.2 Å². The molecule has 5 nitrogen and oxygen atoms in total. The summed E-state index contributed by atoms with van der Waals surface area (Å²) < 4.78 is 0. The Bertz CT molecular complexity index is 101. The summed E-state index contributed by atoms with van der Waals surface area (Å²) in [5.41, 5.74) is 0. The summed E-state index contributed by atoms with van der Waals surface area (Å²) in [6, 6.07) is 0. The van der Waals surface area contributed by atoms with E-state index in [4.69, 9.17) is 0 Å². The Morgan fingerprint density at radius 3 is 1.18 bits per heavy atom. The molecule has 0 aliphatic carbocycles. The minimum atomic E-state index is -1.37. The monoisotopic (exact) mass is 242 g/mol. The maximum atomic E-state index is 9.50. The van der Waals surface area contributed by atoms with E-state index < -0.39 is 24.8 Å². The van der Waals surface area contributed by atoms with E-state index in [0.29, 0.717) is 0 Å². The summed E-state index contributed by atoms with van der Waals surface area (Å²) in [7, 11) is 0. The third-order valence-electron chi connectivity index (χ3n) is 0.533. The fraction of sp³-hybridized carbons (Fsp3) is 0.500. The molecule has 2 radical (unpaired) electrons. The molecule has 0 heterocycles. The van der Waals surface area contributed by atoms with E-state index in [1.54, 1.807) is 0 Å². The van der Waals surface area contributed by atoms with Crippen molar-refractivity contribution in [2.45, 2.75) is 12.8 Å². The second kappa shape index (κ2) is 12.6. The van der Waals surface area contributed by atoms with Crippen LogP contribution in [-0.2, 0) is 49.2 Å². The third kappa shape index (κ3) is 25.7. The zero-order valence-corrected chi connectivity index (χ0v) is 7.57. The van der Waals surface area contributed by atoms with Crippen molar-refractivity contribution in [2.24, 2.45) is 0 Å². The van der Waals surface area contributed by atoms with Crippen LogP contribution in [0.3, 0.4) is 0 Å². The Hall–Kier alpha value is -0.0610. The molecule has 0 unspecified atom stereocenters. The zero-order valence-electron chi connectivity index (χ0n) is 5.21. The van der Waals surface area contributed by atoms with Crippen molar-refractivity contribution in [1.82, 2.24) is 0 Å². The molecule has 0 saturated carbocycles. The van der Waals surface area contributed by atoms with Crippen molar-refractivity contribution in [3.8, 4) is 0 Å². The van der Waals surface area contributed by atoms with Crippen LogP contribution in [0.4, 0.5) is 0 Å². The molecular formula is C4H4Mn2O5. The van der Waals surface area contributed by atoms with Crippen LogP contribution in [0.15, 0.2) is 0 Å². The molecular weight excluding hydrogens is 238 g/mol. The summed E-state index contributed by atoms with van der Waals surface area (Å²) in [4.78, 5) is 19.0. The second-order valence-electron chi connectivity index (χ2n) is 1.24. The minimum absolute atomic E-state index is 0. The first kappa shape index (κ1) is 22.4. The largest absolute Gasteiger partial charge is 2.00 e. The first-order valence-corrected chi connectivity index (χ1v) is 2.02. The Kier molecular flexibility index (Phi) is 25.7. The Balaban J connectivity index is -0.0000000817. The van der Waals surface area contributed by atoms with E-state index in [0.717, 1.165) is 0 Å². The van der Waals surface area contributed by atoms with Crippen LogP contribution in [0.1, 0.15) is 12.8 Å². The van der Waals surface area contributed by atoms with Crippen LogP contribution in [0.25, 0.3) is 0 Å². The van der Waals surface area contributed by atoms with Crippen LogP contribution in [0.5, 0.6) is 0 Å². The molecule has 0 saturated heterocycles. The molecule has 64 valence electrons. The third-order valence-corrected chi connectivity index (χ3v) is 0.533. The fourth-order valence-corrected chi connectivity index (χ4v) is 0.204. The molecule has 7 heteroatoms. The van der Waals surface area contributed by atoms with Crippen molar-refractivity contribution in [1.29, 1.82) is 0 Å². The first-order chi connectivity index (χ1) is 3.63. The van der Waals surface area contributed by atoms with Gasteiger partial charge in [-0.1, -0.05) is 0 Å². The SMILES string of the molecule is O=C([O-])CCC(=O)[O-].[Mn+2].[Mn+2].[O-2]. The fourth-order valence-electron chi connectivity index (χ4n) is 0.204. The van der Waals surface area contributed by atoms with Gasteiger partial charge in [0.2, 0.25) is 0 Å². The van der Waals surface area contributed by atoms with Gasteiger partial charge >= 0.3 is 34.1 Å². The standard InChI is InChI=1S/C4H6O4.2Mn.O/c5-3(6)1-2-4(7)8;;;/h1-2H2,(H,5,6)(H,7,8);;;/q;2*+2;-2/p-2. The van der Waals surface area contributed by atoms with Crippen LogP contribution >= 0.6 is 0 Å². The predicted molar refractivity (Wildman–Crippen MR) is 19.9 cm³/mol. The number of hydrogen-bond acceptors (Lipinski definition) is 4. The maximum absolute atomic E-state index is 9.50. The van der Waals surface area contributed by atoms with E-state index in [-0.39, 0.29) is 39.6 Å². The molecule has 0 spiro atoms. The Labute approximate surface area is 84.4 Å². The summed E-state index contributed by atoms with van der Waals surface area (Å²) >= 11 is 0. The molecule has 0 N–H and O–H groups in total. The number of hydrogen-bond donors (Lipinski definition) is 0. The van der Waals surface area contributed by atoms with Crippen LogP contribution in [0.2, 0.25) is 0 Å². The van der Waals surface area contributed by atoms with Crippen molar-refractivity contribution in [3.05, 3.63) is 0 Å². The van der Waals surface area contributed by atoms with Crippen molar-refractivity contribution >= 4 is 11.9 Å². The molecule has 0 fully saturated rings. The molecule has 11 heavy (non-hydrogen) atoms. The normalized spacial score (nSPS) is 6.18. The van der Waals surface area contributed by atoms with Gasteiger partial charge in [0.05, 0.1) is 0 Å². The molecule has 0 aliphatic heterocycles. The van der Waals surface area contributed by atoms with Gasteiger partial charge in [-0.05, 0) is 12.8 Å². The molecule has 0 rings (SSSR count). The number of carboxylic acid groups (broad SMARTS) is 2. The Morgan fingerprint density at radius 1 is 0.909 bits per heavy atom. The van der Waals surface area contributed by atoms with Gasteiger partial charge in [0.15, 0.2) is 0 Å². The maximum Gasteiger partial charge on any atom is 2.00 e. The average molecular weight is 242 g/mol. The van der Waals surface area contributed by atoms with Gasteiger partial charge in [-0.25, -0.2) is 0 Å². The zero-order chi connectivity index (χ0) is 6.57. The van der Waals surface area contributed by atoms with Gasteiger partial charge in [0.1, 0.15) is 0 Å². The van der Waals surface area contributed by atoms with Gasteiger partial charge in [-0.2, -0.15) is 0 Å². The number of rotatable bonds is 3. The van der Waals surface area contributed by atoms with Crippen molar-refractivity contribution in [3.63, 3.8) is 0 Å². The molecule has 0 amide bonds. The topological polar surface area (TPSA) is 109 Å². The molecule has 0 aromatic rings. The van der Waals surface area contributed by atoms with E-state index in [9.17, 15) is 19.8 Å². The first-order valence-electron chi connectivity index (χ1n) is 2.02. The van der Waals surface area contributed by atoms with Gasteiger partial charge in [-0.15, -0.1) is 0 Å². The molecule has 0 bridgehead atoms. The smallest absolute Gasteiger partial charge is 2.00 e. The van der Waals surface area contributed by atoms with Crippen LogP contribution in [-0.4, -0.2) is 11.9 Å². The van der Waals surface area contributed by atoms with Gasteiger partial charge < -0.3 is 25.3 Å². The van der Waals surface area contributed by atoms with Crippen molar-refractivity contribution < 1.29 is 59.4 Å². The second-order valence-corrected chi connectivity index (χ2v) is 1.24. The van der Waals surface area contributed by atoms with Gasteiger partial charge in [-0.3, -0.25) is 0 Å². The predicted octanol–water partition coefficient (Wildman–Crippen LogP) is -2.86. The van der Waals surface area contributed by atoms with Crippen molar-refractivity contribution in [2.75, 3.05) is 0 Å². The average Bonchev–Trinajstić information content (AvgIpc) is 1.61.